The first-order valence-electron chi connectivity index (χ1n) is 7.50. The van der Waals surface area contributed by atoms with Gasteiger partial charge >= 0.3 is 36.4 Å². The molecule has 0 radical (unpaired) electrons. The van der Waals surface area contributed by atoms with Crippen LogP contribution in [0.25, 0.3) is 0 Å². The van der Waals surface area contributed by atoms with Gasteiger partial charge in [0, 0.05) is 0 Å². The monoisotopic (exact) mass is 478 g/mol. The quantitative estimate of drug-likeness (QED) is 0.167. The van der Waals surface area contributed by atoms with Crippen molar-refractivity contribution in [2.45, 2.75) is 0 Å². The van der Waals surface area contributed by atoms with Gasteiger partial charge in [0.2, 0.25) is 0 Å². The van der Waals surface area contributed by atoms with E-state index in [4.69, 9.17) is 0 Å². The average Bonchev–Trinajstić information content (AvgIpc) is 2.55. The van der Waals surface area contributed by atoms with Gasteiger partial charge in [0.1, 0.15) is 0 Å². The van der Waals surface area contributed by atoms with Gasteiger partial charge in [0.25, 0.3) is 0 Å². The summed E-state index contributed by atoms with van der Waals surface area (Å²) in [6.07, 6.45) is 0. The van der Waals surface area contributed by atoms with Crippen LogP contribution in [0.1, 0.15) is 16.7 Å². The van der Waals surface area contributed by atoms with E-state index in [0.29, 0.717) is 0 Å². The Kier molecular flexibility index (Phi) is 5.38. The van der Waals surface area contributed by atoms with Gasteiger partial charge in [-0.05, 0) is 72.8 Å². The van der Waals surface area contributed by atoms with E-state index >= 15 is 0 Å². The van der Waals surface area contributed by atoms with Crippen LogP contribution in [0.4, 0.5) is 16.9 Å². The second-order valence-corrected chi connectivity index (χ2v) is 10.9. The molecule has 0 aliphatic rings. The van der Waals surface area contributed by atoms with E-state index in [1.165, 1.54) is 22.6 Å². The van der Waals surface area contributed by atoms with Crippen molar-refractivity contribution in [1.82, 2.24) is 0 Å². The van der Waals surface area contributed by atoms with Gasteiger partial charge < -0.3 is 0 Å². The van der Waals surface area contributed by atoms with Gasteiger partial charge in [-0.25, -0.2) is 0 Å². The first-order chi connectivity index (χ1) is 11.9. The average molecular weight is 479 g/mol. The molecule has 0 fully saturated rings. The number of halogens is 6. The van der Waals surface area contributed by atoms with E-state index in [1.54, 1.807) is 0 Å². The van der Waals surface area contributed by atoms with Crippen molar-refractivity contribution in [3.05, 3.63) is 114 Å². The third kappa shape index (κ3) is 8.34. The normalized spacial score (nSPS) is 13.6. The fraction of sp³-hybridized carbons (Fsp3) is 0. The second kappa shape index (κ2) is 6.92. The first kappa shape index (κ1) is 20.2. The molecule has 3 aromatic carbocycles. The predicted octanol–water partition coefficient (Wildman–Crippen LogP) is 6.85. The SMILES string of the molecule is [F][Sb-]([F])([F])([F])([F])[F].c1ccc([C+](c2ccccc2)c2ccccc2)cc1. The van der Waals surface area contributed by atoms with Crippen LogP contribution in [0.3, 0.4) is 0 Å². The zero-order chi connectivity index (χ0) is 19.3. The summed E-state index contributed by atoms with van der Waals surface area (Å²) in [6.45, 7) is 0. The molecule has 0 aliphatic carbocycles. The van der Waals surface area contributed by atoms with Gasteiger partial charge in [-0.3, -0.25) is 0 Å². The Morgan fingerprint density at radius 3 is 0.808 bits per heavy atom. The fourth-order valence-corrected chi connectivity index (χ4v) is 2.31. The number of rotatable bonds is 3. The molecule has 0 saturated heterocycles. The second-order valence-electron chi connectivity index (χ2n) is 5.43. The summed E-state index contributed by atoms with van der Waals surface area (Å²) in [7, 11) is 0. The molecule has 0 saturated carbocycles. The van der Waals surface area contributed by atoms with Crippen molar-refractivity contribution >= 4 is 19.5 Å². The van der Waals surface area contributed by atoms with Crippen LogP contribution in [-0.4, -0.2) is 19.5 Å². The maximum Gasteiger partial charge on any atom is 0.0631 e. The Labute approximate surface area is 150 Å². The molecular weight excluding hydrogens is 464 g/mol. The number of hydrogen-bond donors (Lipinski definition) is 0. The topological polar surface area (TPSA) is 0 Å². The van der Waals surface area contributed by atoms with Crippen LogP contribution >= 0.6 is 0 Å². The van der Waals surface area contributed by atoms with E-state index in [-0.39, 0.29) is 0 Å². The smallest absolute Gasteiger partial charge is 0.0511 e. The van der Waals surface area contributed by atoms with Gasteiger partial charge in [0.05, 0.1) is 22.6 Å². The Morgan fingerprint density at radius 2 is 0.615 bits per heavy atom. The molecule has 3 rings (SSSR count). The Hall–Kier alpha value is -2.07. The van der Waals surface area contributed by atoms with Crippen LogP contribution in [0.15, 0.2) is 91.0 Å². The van der Waals surface area contributed by atoms with Crippen LogP contribution in [0.2, 0.25) is 0 Å². The summed E-state index contributed by atoms with van der Waals surface area (Å²) in [6, 6.07) is 31.6. The zero-order valence-corrected chi connectivity index (χ0v) is 15.9. The summed E-state index contributed by atoms with van der Waals surface area (Å²) < 4.78 is 59.6. The van der Waals surface area contributed by atoms with Crippen molar-refractivity contribution in [2.75, 3.05) is 0 Å². The van der Waals surface area contributed by atoms with Gasteiger partial charge in [-0.2, -0.15) is 0 Å². The molecule has 0 unspecified atom stereocenters. The summed E-state index contributed by atoms with van der Waals surface area (Å²) in [5.41, 5.74) is 3.75. The molecule has 0 aromatic heterocycles. The van der Waals surface area contributed by atoms with Gasteiger partial charge in [-0.1, -0.05) is 18.2 Å². The molecule has 0 spiro atoms. The van der Waals surface area contributed by atoms with Gasteiger partial charge in [0.15, 0.2) is 0 Å². The van der Waals surface area contributed by atoms with E-state index in [0.717, 1.165) is 0 Å². The summed E-state index contributed by atoms with van der Waals surface area (Å²) in [4.78, 5) is 0. The largest absolute Gasteiger partial charge is 0.0631 e. The predicted molar refractivity (Wildman–Crippen MR) is 92.3 cm³/mol. The van der Waals surface area contributed by atoms with E-state index in [1.807, 2.05) is 0 Å². The van der Waals surface area contributed by atoms with Crippen LogP contribution in [-0.2, 0) is 0 Å². The molecule has 0 N–H and O–H groups in total. The van der Waals surface area contributed by atoms with E-state index < -0.39 is 19.5 Å². The minimum atomic E-state index is -11.2. The number of benzene rings is 3. The fourth-order valence-electron chi connectivity index (χ4n) is 2.31. The van der Waals surface area contributed by atoms with Gasteiger partial charge in [-0.15, -0.1) is 0 Å². The summed E-state index contributed by atoms with van der Waals surface area (Å²) in [5, 5.41) is 0. The van der Waals surface area contributed by atoms with E-state index in [9.17, 15) is 16.9 Å². The van der Waals surface area contributed by atoms with Crippen molar-refractivity contribution < 1.29 is 16.9 Å². The molecule has 0 bridgehead atoms. The van der Waals surface area contributed by atoms with Crippen molar-refractivity contribution in [1.29, 1.82) is 0 Å². The third-order valence-corrected chi connectivity index (χ3v) is 3.19. The Morgan fingerprint density at radius 1 is 0.423 bits per heavy atom. The van der Waals surface area contributed by atoms with Crippen LogP contribution in [0, 0.1) is 5.92 Å². The molecule has 3 aromatic rings. The van der Waals surface area contributed by atoms with Crippen molar-refractivity contribution in [3.8, 4) is 0 Å². The Balaban J connectivity index is 0.000000298. The molecular formula is C19H15F6Sb. The molecule has 0 heterocycles. The van der Waals surface area contributed by atoms with Crippen molar-refractivity contribution in [3.63, 3.8) is 0 Å². The molecule has 138 valence electrons. The molecule has 7 heteroatoms. The molecule has 0 aliphatic heterocycles. The Bertz CT molecular complexity index is 710. The number of hydrogen-bond acceptors (Lipinski definition) is 0. The van der Waals surface area contributed by atoms with Crippen LogP contribution in [0.5, 0.6) is 0 Å². The first-order valence-corrected chi connectivity index (χ1v) is 13.3. The summed E-state index contributed by atoms with van der Waals surface area (Å²) >= 11 is -11.2. The zero-order valence-electron chi connectivity index (χ0n) is 13.4. The maximum atomic E-state index is 9.93. The third-order valence-electron chi connectivity index (χ3n) is 3.19. The summed E-state index contributed by atoms with van der Waals surface area (Å²) in [5.74, 6) is 1.28. The van der Waals surface area contributed by atoms with Crippen molar-refractivity contribution in [2.24, 2.45) is 0 Å². The van der Waals surface area contributed by atoms with E-state index in [2.05, 4.69) is 91.0 Å². The molecule has 0 nitrogen and oxygen atoms in total. The molecule has 0 atom stereocenters. The molecule has 26 heavy (non-hydrogen) atoms. The maximum absolute atomic E-state index is 11.2. The molecule has 0 amide bonds. The minimum Gasteiger partial charge on any atom is -0.0511 e. The standard InChI is InChI=1S/C19H15.6FH.Sb/c1-4-10-16(11-5-1)19(17-12-6-2-7-13-17)18-14-8-3-9-15-18;;;;;;;/h1-15H;6*1H;/q+1;;;;;;;+5/p-6. The minimum absolute atomic E-state index is 1.25. The van der Waals surface area contributed by atoms with Crippen LogP contribution < -0.4 is 0 Å².